The number of aromatic nitrogens is 1. The Morgan fingerprint density at radius 1 is 1.47 bits per heavy atom. The highest BCUT2D eigenvalue weighted by Crippen LogP contribution is 2.24. The number of piperidine rings is 1. The van der Waals surface area contributed by atoms with Crippen LogP contribution in [0.3, 0.4) is 0 Å². The molecule has 2 nitrogen and oxygen atoms in total. The van der Waals surface area contributed by atoms with Gasteiger partial charge in [0.25, 0.3) is 0 Å². The minimum absolute atomic E-state index is 0.322. The lowest BCUT2D eigenvalue weighted by Crippen LogP contribution is -2.34. The van der Waals surface area contributed by atoms with E-state index in [4.69, 9.17) is 11.6 Å². The summed E-state index contributed by atoms with van der Waals surface area (Å²) in [5, 5.41) is 0.349. The number of halogens is 2. The second-order valence-electron chi connectivity index (χ2n) is 4.13. The van der Waals surface area contributed by atoms with Gasteiger partial charge in [-0.25, -0.2) is 9.37 Å². The average Bonchev–Trinajstić information content (AvgIpc) is 2.20. The van der Waals surface area contributed by atoms with Crippen LogP contribution in [0.5, 0.6) is 0 Å². The van der Waals surface area contributed by atoms with Gasteiger partial charge in [0.05, 0.1) is 5.02 Å². The second-order valence-corrected chi connectivity index (χ2v) is 4.56. The highest BCUT2D eigenvalue weighted by molar-refractivity contribution is 6.30. The lowest BCUT2D eigenvalue weighted by Gasteiger charge is -2.31. The van der Waals surface area contributed by atoms with E-state index in [0.717, 1.165) is 31.8 Å². The second kappa shape index (κ2) is 4.35. The summed E-state index contributed by atoms with van der Waals surface area (Å²) in [6.45, 7) is 3.99. The first-order valence-electron chi connectivity index (χ1n) is 5.23. The molecule has 1 aromatic rings. The summed E-state index contributed by atoms with van der Waals surface area (Å²) in [7, 11) is 0. The fourth-order valence-corrected chi connectivity index (χ4v) is 2.01. The van der Waals surface area contributed by atoms with Crippen LogP contribution in [-0.4, -0.2) is 18.1 Å². The van der Waals surface area contributed by atoms with E-state index in [-0.39, 0.29) is 5.82 Å². The van der Waals surface area contributed by atoms with Crippen molar-refractivity contribution in [3.8, 4) is 0 Å². The predicted molar refractivity (Wildman–Crippen MR) is 59.8 cm³/mol. The maximum absolute atomic E-state index is 13.5. The summed E-state index contributed by atoms with van der Waals surface area (Å²) < 4.78 is 13.5. The molecule has 2 heterocycles. The van der Waals surface area contributed by atoms with Crippen molar-refractivity contribution in [2.45, 2.75) is 19.8 Å². The number of anilines is 1. The van der Waals surface area contributed by atoms with Gasteiger partial charge in [-0.05, 0) is 24.8 Å². The van der Waals surface area contributed by atoms with Crippen molar-refractivity contribution in [3.05, 3.63) is 23.1 Å². The molecular weight excluding hydrogens is 215 g/mol. The Balaban J connectivity index is 2.15. The van der Waals surface area contributed by atoms with E-state index in [0.29, 0.717) is 10.8 Å². The normalized spacial score (nSPS) is 18.2. The van der Waals surface area contributed by atoms with Gasteiger partial charge < -0.3 is 4.90 Å². The van der Waals surface area contributed by atoms with E-state index in [1.54, 1.807) is 0 Å². The fourth-order valence-electron chi connectivity index (χ4n) is 1.86. The van der Waals surface area contributed by atoms with Gasteiger partial charge in [0.1, 0.15) is 0 Å². The van der Waals surface area contributed by atoms with Crippen molar-refractivity contribution in [2.24, 2.45) is 5.92 Å². The molecule has 0 atom stereocenters. The van der Waals surface area contributed by atoms with Crippen LogP contribution in [0.4, 0.5) is 10.2 Å². The smallest absolute Gasteiger partial charge is 0.167 e. The Hall–Kier alpha value is -0.830. The van der Waals surface area contributed by atoms with Crippen LogP contribution in [0.15, 0.2) is 12.3 Å². The molecular formula is C11H14ClFN2. The summed E-state index contributed by atoms with van der Waals surface area (Å²) in [6.07, 6.45) is 3.70. The monoisotopic (exact) mass is 228 g/mol. The van der Waals surface area contributed by atoms with Crippen LogP contribution in [0, 0.1) is 11.7 Å². The fraction of sp³-hybridized carbons (Fsp3) is 0.545. The van der Waals surface area contributed by atoms with Crippen molar-refractivity contribution in [3.63, 3.8) is 0 Å². The van der Waals surface area contributed by atoms with Crippen LogP contribution < -0.4 is 4.90 Å². The third kappa shape index (κ3) is 2.40. The lowest BCUT2D eigenvalue weighted by atomic mass is 9.99. The van der Waals surface area contributed by atoms with Crippen molar-refractivity contribution in [1.82, 2.24) is 4.98 Å². The van der Waals surface area contributed by atoms with Crippen LogP contribution in [0.25, 0.3) is 0 Å². The molecule has 0 amide bonds. The molecule has 0 unspecified atom stereocenters. The number of hydrogen-bond acceptors (Lipinski definition) is 2. The van der Waals surface area contributed by atoms with E-state index in [1.807, 2.05) is 4.90 Å². The molecule has 1 saturated heterocycles. The quantitative estimate of drug-likeness (QED) is 0.734. The Labute approximate surface area is 94.1 Å². The number of hydrogen-bond donors (Lipinski definition) is 0. The average molecular weight is 229 g/mol. The van der Waals surface area contributed by atoms with E-state index >= 15 is 0 Å². The van der Waals surface area contributed by atoms with Crippen LogP contribution >= 0.6 is 11.6 Å². The highest BCUT2D eigenvalue weighted by atomic mass is 35.5. The third-order valence-corrected chi connectivity index (χ3v) is 3.08. The molecule has 0 spiro atoms. The standard InChI is InChI=1S/C11H14ClFN2/c1-8-2-4-15(5-3-8)11-10(13)6-9(12)7-14-11/h6-8H,2-5H2,1H3. The van der Waals surface area contributed by atoms with Crippen molar-refractivity contribution in [1.29, 1.82) is 0 Å². The van der Waals surface area contributed by atoms with E-state index in [2.05, 4.69) is 11.9 Å². The minimum atomic E-state index is -0.322. The van der Waals surface area contributed by atoms with Crippen LogP contribution in [0.2, 0.25) is 5.02 Å². The molecule has 1 aliphatic rings. The zero-order chi connectivity index (χ0) is 10.8. The zero-order valence-electron chi connectivity index (χ0n) is 8.71. The molecule has 1 aromatic heterocycles. The molecule has 1 fully saturated rings. The Morgan fingerprint density at radius 2 is 2.13 bits per heavy atom. The Morgan fingerprint density at radius 3 is 2.73 bits per heavy atom. The SMILES string of the molecule is CC1CCN(c2ncc(Cl)cc2F)CC1. The van der Waals surface area contributed by atoms with Gasteiger partial charge >= 0.3 is 0 Å². The molecule has 0 aliphatic carbocycles. The van der Waals surface area contributed by atoms with Gasteiger partial charge in [-0.2, -0.15) is 0 Å². The summed E-state index contributed by atoms with van der Waals surface area (Å²) >= 11 is 5.66. The van der Waals surface area contributed by atoms with Crippen molar-refractivity contribution in [2.75, 3.05) is 18.0 Å². The molecule has 0 saturated carbocycles. The number of pyridine rings is 1. The molecule has 0 N–H and O–H groups in total. The minimum Gasteiger partial charge on any atom is -0.354 e. The highest BCUT2D eigenvalue weighted by Gasteiger charge is 2.19. The summed E-state index contributed by atoms with van der Waals surface area (Å²) in [6, 6.07) is 1.32. The van der Waals surface area contributed by atoms with Crippen LogP contribution in [-0.2, 0) is 0 Å². The van der Waals surface area contributed by atoms with E-state index in [1.165, 1.54) is 12.3 Å². The van der Waals surface area contributed by atoms with Crippen LogP contribution in [0.1, 0.15) is 19.8 Å². The maximum Gasteiger partial charge on any atom is 0.167 e. The molecule has 82 valence electrons. The number of nitrogens with zero attached hydrogens (tertiary/aromatic N) is 2. The molecule has 4 heteroatoms. The molecule has 2 rings (SSSR count). The maximum atomic E-state index is 13.5. The first kappa shape index (κ1) is 10.7. The first-order valence-corrected chi connectivity index (χ1v) is 5.60. The lowest BCUT2D eigenvalue weighted by molar-refractivity contribution is 0.432. The van der Waals surface area contributed by atoms with Gasteiger partial charge in [-0.1, -0.05) is 18.5 Å². The Kier molecular flexibility index (Phi) is 3.10. The molecule has 0 aromatic carbocycles. The largest absolute Gasteiger partial charge is 0.354 e. The topological polar surface area (TPSA) is 16.1 Å². The predicted octanol–water partition coefficient (Wildman–Crippen LogP) is 3.11. The van der Waals surface area contributed by atoms with Gasteiger partial charge in [-0.15, -0.1) is 0 Å². The van der Waals surface area contributed by atoms with E-state index in [9.17, 15) is 4.39 Å². The van der Waals surface area contributed by atoms with Gasteiger partial charge in [0.2, 0.25) is 0 Å². The van der Waals surface area contributed by atoms with E-state index < -0.39 is 0 Å². The van der Waals surface area contributed by atoms with Crippen molar-refractivity contribution >= 4 is 17.4 Å². The van der Waals surface area contributed by atoms with Gasteiger partial charge in [-0.3, -0.25) is 0 Å². The molecule has 15 heavy (non-hydrogen) atoms. The first-order chi connectivity index (χ1) is 7.16. The van der Waals surface area contributed by atoms with Crippen molar-refractivity contribution < 1.29 is 4.39 Å². The summed E-state index contributed by atoms with van der Waals surface area (Å²) in [5.41, 5.74) is 0. The summed E-state index contributed by atoms with van der Waals surface area (Å²) in [5.74, 6) is 0.847. The molecule has 0 radical (unpaired) electrons. The molecule has 1 aliphatic heterocycles. The summed E-state index contributed by atoms with van der Waals surface area (Å²) in [4.78, 5) is 6.04. The third-order valence-electron chi connectivity index (χ3n) is 2.87. The van der Waals surface area contributed by atoms with Gasteiger partial charge in [0, 0.05) is 19.3 Å². The molecule has 0 bridgehead atoms. The Bertz CT molecular complexity index is 348. The number of rotatable bonds is 1. The zero-order valence-corrected chi connectivity index (χ0v) is 9.47. The van der Waals surface area contributed by atoms with Gasteiger partial charge in [0.15, 0.2) is 11.6 Å².